The van der Waals surface area contributed by atoms with E-state index in [0.29, 0.717) is 30.3 Å². The number of methoxy groups -OCH3 is 3. The summed E-state index contributed by atoms with van der Waals surface area (Å²) in [5.74, 6) is 1.80. The standard InChI is InChI=1S/C21H26N2O4.ClH/c1-25-18-9-14(10-19(26-2)21(18)27-3)11-20(24)23-12-16(17(22)13-23)15-7-5-4-6-8-15;/h4-10,16-17H,11-13,22H2,1-3H3;1H/t16-,17+;/m0./s1. The number of benzene rings is 2. The maximum Gasteiger partial charge on any atom is 0.227 e. The molecule has 0 bridgehead atoms. The van der Waals surface area contributed by atoms with Crippen molar-refractivity contribution in [2.75, 3.05) is 34.4 Å². The number of likely N-dealkylation sites (tertiary alicyclic amines) is 1. The lowest BCUT2D eigenvalue weighted by Crippen LogP contribution is -2.33. The van der Waals surface area contributed by atoms with Gasteiger partial charge in [0.05, 0.1) is 27.8 Å². The number of rotatable bonds is 6. The first-order chi connectivity index (χ1) is 13.1. The highest BCUT2D eigenvalue weighted by molar-refractivity contribution is 5.85. The summed E-state index contributed by atoms with van der Waals surface area (Å²) in [7, 11) is 4.68. The Kier molecular flexibility index (Phi) is 7.54. The van der Waals surface area contributed by atoms with Crippen LogP contribution in [0, 0.1) is 0 Å². The Morgan fingerprint density at radius 3 is 2.18 bits per heavy atom. The van der Waals surface area contributed by atoms with Crippen molar-refractivity contribution >= 4 is 18.3 Å². The van der Waals surface area contributed by atoms with Gasteiger partial charge in [-0.15, -0.1) is 12.4 Å². The van der Waals surface area contributed by atoms with Crippen LogP contribution in [0.2, 0.25) is 0 Å². The minimum absolute atomic E-state index is 0. The van der Waals surface area contributed by atoms with Crippen LogP contribution in [0.15, 0.2) is 42.5 Å². The fraction of sp³-hybridized carbons (Fsp3) is 0.381. The van der Waals surface area contributed by atoms with E-state index in [0.717, 1.165) is 5.56 Å². The Bertz CT molecular complexity index is 775. The van der Waals surface area contributed by atoms with Crippen molar-refractivity contribution in [3.05, 3.63) is 53.6 Å². The molecule has 1 heterocycles. The van der Waals surface area contributed by atoms with Crippen molar-refractivity contribution in [2.24, 2.45) is 5.73 Å². The van der Waals surface area contributed by atoms with Crippen molar-refractivity contribution in [2.45, 2.75) is 18.4 Å². The molecule has 1 amide bonds. The van der Waals surface area contributed by atoms with Gasteiger partial charge >= 0.3 is 0 Å². The lowest BCUT2D eigenvalue weighted by Gasteiger charge is -2.18. The van der Waals surface area contributed by atoms with E-state index < -0.39 is 0 Å². The molecule has 1 aliphatic heterocycles. The number of halogens is 1. The SMILES string of the molecule is COc1cc(CC(=O)N2C[C@@H](N)[C@H](c3ccccc3)C2)cc(OC)c1OC.Cl. The van der Waals surface area contributed by atoms with E-state index >= 15 is 0 Å². The molecular formula is C21H27ClN2O4. The number of nitrogens with two attached hydrogens (primary N) is 1. The molecule has 0 unspecified atom stereocenters. The third-order valence-electron chi connectivity index (χ3n) is 5.03. The molecule has 2 atom stereocenters. The summed E-state index contributed by atoms with van der Waals surface area (Å²) in [6.45, 7) is 1.19. The van der Waals surface area contributed by atoms with E-state index in [2.05, 4.69) is 12.1 Å². The van der Waals surface area contributed by atoms with Crippen molar-refractivity contribution in [3.8, 4) is 17.2 Å². The summed E-state index contributed by atoms with van der Waals surface area (Å²) in [5, 5.41) is 0. The molecular weight excluding hydrogens is 380 g/mol. The average molecular weight is 407 g/mol. The smallest absolute Gasteiger partial charge is 0.227 e. The minimum atomic E-state index is -0.0590. The Balaban J connectivity index is 0.00000280. The molecule has 1 aliphatic rings. The number of nitrogens with zero attached hydrogens (tertiary/aromatic N) is 1. The van der Waals surface area contributed by atoms with Gasteiger partial charge in [0.15, 0.2) is 11.5 Å². The Morgan fingerprint density at radius 1 is 1.04 bits per heavy atom. The lowest BCUT2D eigenvalue weighted by atomic mass is 9.95. The van der Waals surface area contributed by atoms with Gasteiger partial charge in [-0.05, 0) is 23.3 Å². The Labute approximate surface area is 172 Å². The van der Waals surface area contributed by atoms with E-state index in [1.165, 1.54) is 5.56 Å². The van der Waals surface area contributed by atoms with E-state index in [1.807, 2.05) is 35.2 Å². The largest absolute Gasteiger partial charge is 0.493 e. The van der Waals surface area contributed by atoms with E-state index in [1.54, 1.807) is 21.3 Å². The van der Waals surface area contributed by atoms with E-state index in [4.69, 9.17) is 19.9 Å². The zero-order valence-corrected chi connectivity index (χ0v) is 17.2. The van der Waals surface area contributed by atoms with Gasteiger partial charge in [-0.3, -0.25) is 4.79 Å². The van der Waals surface area contributed by atoms with E-state index in [-0.39, 0.29) is 36.7 Å². The predicted octanol–water partition coefficient (Wildman–Crippen LogP) is 2.63. The number of carbonyl (C=O) groups excluding carboxylic acids is 1. The van der Waals surface area contributed by atoms with Gasteiger partial charge < -0.3 is 24.8 Å². The molecule has 28 heavy (non-hydrogen) atoms. The molecule has 2 aromatic carbocycles. The molecule has 6 nitrogen and oxygen atoms in total. The van der Waals surface area contributed by atoms with Crippen LogP contribution in [0.1, 0.15) is 17.0 Å². The quantitative estimate of drug-likeness (QED) is 0.798. The maximum atomic E-state index is 12.8. The summed E-state index contributed by atoms with van der Waals surface area (Å²) < 4.78 is 16.1. The van der Waals surface area contributed by atoms with Gasteiger partial charge in [-0.2, -0.15) is 0 Å². The van der Waals surface area contributed by atoms with Gasteiger partial charge in [0, 0.05) is 25.0 Å². The number of carbonyl (C=O) groups is 1. The first-order valence-corrected chi connectivity index (χ1v) is 8.94. The topological polar surface area (TPSA) is 74.0 Å². The second-order valence-electron chi connectivity index (χ2n) is 6.69. The second kappa shape index (κ2) is 9.66. The summed E-state index contributed by atoms with van der Waals surface area (Å²) in [4.78, 5) is 14.7. The molecule has 0 aromatic heterocycles. The first-order valence-electron chi connectivity index (χ1n) is 8.94. The fourth-order valence-corrected chi connectivity index (χ4v) is 3.61. The first kappa shape index (κ1) is 21.9. The van der Waals surface area contributed by atoms with E-state index in [9.17, 15) is 4.79 Å². The average Bonchev–Trinajstić information content (AvgIpc) is 3.09. The highest BCUT2D eigenvalue weighted by Gasteiger charge is 2.33. The lowest BCUT2D eigenvalue weighted by molar-refractivity contribution is -0.129. The molecule has 0 spiro atoms. The number of ether oxygens (including phenoxy) is 3. The van der Waals surface area contributed by atoms with Crippen LogP contribution in [-0.2, 0) is 11.2 Å². The van der Waals surface area contributed by atoms with Crippen molar-refractivity contribution in [3.63, 3.8) is 0 Å². The zero-order valence-electron chi connectivity index (χ0n) is 16.4. The number of hydrogen-bond donors (Lipinski definition) is 1. The highest BCUT2D eigenvalue weighted by Crippen LogP contribution is 2.38. The number of amides is 1. The summed E-state index contributed by atoms with van der Waals surface area (Å²) in [6, 6.07) is 13.7. The van der Waals surface area contributed by atoms with Gasteiger partial charge in [-0.25, -0.2) is 0 Å². The summed E-state index contributed by atoms with van der Waals surface area (Å²) in [5.41, 5.74) is 8.30. The monoisotopic (exact) mass is 406 g/mol. The van der Waals surface area contributed by atoms with Gasteiger partial charge in [-0.1, -0.05) is 30.3 Å². The molecule has 152 valence electrons. The summed E-state index contributed by atoms with van der Waals surface area (Å²) in [6.07, 6.45) is 0.255. The molecule has 0 aliphatic carbocycles. The van der Waals surface area contributed by atoms with Crippen LogP contribution in [0.25, 0.3) is 0 Å². The molecule has 0 radical (unpaired) electrons. The van der Waals surface area contributed by atoms with Crippen LogP contribution < -0.4 is 19.9 Å². The third-order valence-corrected chi connectivity index (χ3v) is 5.03. The van der Waals surface area contributed by atoms with Gasteiger partial charge in [0.2, 0.25) is 11.7 Å². The molecule has 2 N–H and O–H groups in total. The maximum absolute atomic E-state index is 12.8. The molecule has 2 aromatic rings. The fourth-order valence-electron chi connectivity index (χ4n) is 3.61. The van der Waals surface area contributed by atoms with Crippen LogP contribution in [0.4, 0.5) is 0 Å². The van der Waals surface area contributed by atoms with Gasteiger partial charge in [0.25, 0.3) is 0 Å². The Morgan fingerprint density at radius 2 is 1.64 bits per heavy atom. The summed E-state index contributed by atoms with van der Waals surface area (Å²) >= 11 is 0. The van der Waals surface area contributed by atoms with Crippen LogP contribution in [0.3, 0.4) is 0 Å². The Hall–Kier alpha value is -2.44. The molecule has 1 saturated heterocycles. The molecule has 1 fully saturated rings. The molecule has 3 rings (SSSR count). The zero-order chi connectivity index (χ0) is 19.4. The van der Waals surface area contributed by atoms with Crippen LogP contribution in [0.5, 0.6) is 17.2 Å². The van der Waals surface area contributed by atoms with Crippen molar-refractivity contribution in [1.82, 2.24) is 4.90 Å². The second-order valence-corrected chi connectivity index (χ2v) is 6.69. The van der Waals surface area contributed by atoms with Crippen molar-refractivity contribution in [1.29, 1.82) is 0 Å². The highest BCUT2D eigenvalue weighted by atomic mass is 35.5. The number of hydrogen-bond acceptors (Lipinski definition) is 5. The van der Waals surface area contributed by atoms with Crippen molar-refractivity contribution < 1.29 is 19.0 Å². The third kappa shape index (κ3) is 4.51. The van der Waals surface area contributed by atoms with Crippen LogP contribution >= 0.6 is 12.4 Å². The van der Waals surface area contributed by atoms with Gasteiger partial charge in [0.1, 0.15) is 0 Å². The minimum Gasteiger partial charge on any atom is -0.493 e. The normalized spacial score (nSPS) is 18.4. The van der Waals surface area contributed by atoms with Crippen LogP contribution in [-0.4, -0.2) is 51.3 Å². The molecule has 0 saturated carbocycles. The molecule has 7 heteroatoms. The predicted molar refractivity (Wildman–Crippen MR) is 111 cm³/mol.